The van der Waals surface area contributed by atoms with Crippen molar-refractivity contribution in [3.8, 4) is 33.4 Å². The van der Waals surface area contributed by atoms with Crippen molar-refractivity contribution in [3.63, 3.8) is 0 Å². The third-order valence-corrected chi connectivity index (χ3v) is 23.8. The van der Waals surface area contributed by atoms with Crippen molar-refractivity contribution < 1.29 is 90.9 Å². The van der Waals surface area contributed by atoms with E-state index in [1.807, 2.05) is 181 Å². The van der Waals surface area contributed by atoms with Crippen LogP contribution in [0.3, 0.4) is 0 Å². The van der Waals surface area contributed by atoms with E-state index in [2.05, 4.69) is 59.7 Å². The molecule has 0 aliphatic carbocycles. The Bertz CT molecular complexity index is 4870. The summed E-state index contributed by atoms with van der Waals surface area (Å²) in [6.45, 7) is 32.9. The van der Waals surface area contributed by atoms with Crippen LogP contribution in [0, 0.1) is 16.2 Å². The van der Waals surface area contributed by atoms with Crippen LogP contribution in [0.25, 0.3) is 51.6 Å². The second-order valence-electron chi connectivity index (χ2n) is 35.1. The van der Waals surface area contributed by atoms with Gasteiger partial charge in [0.1, 0.15) is 53.1 Å². The minimum Gasteiger partial charge on any atom is -0.480 e. The van der Waals surface area contributed by atoms with Gasteiger partial charge in [0.2, 0.25) is 11.8 Å². The Kier molecular flexibility index (Phi) is 41.0. The maximum Gasteiger partial charge on any atom is 0.407 e. The van der Waals surface area contributed by atoms with Gasteiger partial charge in [0.15, 0.2) is 0 Å². The number of carbonyl (C=O) groups is 9. The molecule has 6 aromatic rings. The fourth-order valence-corrected chi connectivity index (χ4v) is 16.2. The smallest absolute Gasteiger partial charge is 0.407 e. The van der Waals surface area contributed by atoms with Crippen LogP contribution in [0.5, 0.6) is 0 Å². The normalized spacial score (nSPS) is 20.1. The van der Waals surface area contributed by atoms with Gasteiger partial charge in [0.05, 0.1) is 54.2 Å². The van der Waals surface area contributed by atoms with E-state index in [1.165, 1.54) is 31.1 Å². The summed E-state index contributed by atoms with van der Waals surface area (Å²) in [5.41, 5.74) is 7.15. The number of likely N-dealkylation sites (tertiary alicyclic amines) is 1. The number of allylic oxidation sites excluding steroid dienone is 3. The summed E-state index contributed by atoms with van der Waals surface area (Å²) in [5.74, 6) is -3.25. The summed E-state index contributed by atoms with van der Waals surface area (Å²) in [7, 11) is 8.79. The number of halogens is 3. The lowest BCUT2D eigenvalue weighted by Gasteiger charge is -2.35. The summed E-state index contributed by atoms with van der Waals surface area (Å²) in [5, 5.41) is 22.0. The number of unbranched alkanes of at least 4 members (excludes halogenated alkanes) is 4. The number of aliphatic carboxylic acids is 1. The highest BCUT2D eigenvalue weighted by molar-refractivity contribution is 6.31. The zero-order chi connectivity index (χ0) is 94.5. The van der Waals surface area contributed by atoms with E-state index in [0.717, 1.165) is 112 Å². The fourth-order valence-electron chi connectivity index (χ4n) is 15.7. The second-order valence-corrected chi connectivity index (χ2v) is 36.4. The summed E-state index contributed by atoms with van der Waals surface area (Å²) in [4.78, 5) is 117. The summed E-state index contributed by atoms with van der Waals surface area (Å²) >= 11 is 18.8. The first-order valence-corrected chi connectivity index (χ1v) is 43.9. The van der Waals surface area contributed by atoms with E-state index < -0.39 is 111 Å². The van der Waals surface area contributed by atoms with Crippen molar-refractivity contribution in [3.05, 3.63) is 220 Å². The topological polar surface area (TPSA) is 312 Å². The van der Waals surface area contributed by atoms with Gasteiger partial charge >= 0.3 is 42.2 Å². The average Bonchev–Trinajstić information content (AvgIpc) is 1.61. The highest BCUT2D eigenvalue weighted by Gasteiger charge is 2.55. The van der Waals surface area contributed by atoms with Crippen molar-refractivity contribution >= 4 is 107 Å². The number of hydrogen-bond acceptors (Lipinski definition) is 19. The molecule has 3 saturated heterocycles. The van der Waals surface area contributed by atoms with Crippen LogP contribution in [0.4, 0.5) is 14.4 Å². The molecule has 0 saturated carbocycles. The third-order valence-electron chi connectivity index (χ3n) is 23.1. The Morgan fingerprint density at radius 3 is 1.43 bits per heavy atom. The molecule has 0 unspecified atom stereocenters. The van der Waals surface area contributed by atoms with Gasteiger partial charge in [0, 0.05) is 62.2 Å². The number of esters is 3. The van der Waals surface area contributed by atoms with Crippen LogP contribution < -0.4 is 21.3 Å². The Hall–Kier alpha value is -10.6. The van der Waals surface area contributed by atoms with Gasteiger partial charge < -0.3 is 78.8 Å². The average molecular weight is 1840 g/mol. The van der Waals surface area contributed by atoms with E-state index in [9.17, 15) is 43.2 Å². The van der Waals surface area contributed by atoms with Crippen molar-refractivity contribution in [1.29, 1.82) is 0 Å². The first-order chi connectivity index (χ1) is 60.7. The summed E-state index contributed by atoms with van der Waals surface area (Å²) < 4.78 is 48.7. The number of ether oxygens (including phenoxy) is 9. The zero-order valence-electron chi connectivity index (χ0n) is 76.4. The molecule has 11 rings (SSSR count). The molecule has 700 valence electrons. The van der Waals surface area contributed by atoms with E-state index >= 15 is 0 Å². The highest BCUT2D eigenvalue weighted by atomic mass is 35.5. The number of carboxylic acids is 1. The number of hydrogen-bond donors (Lipinski definition) is 5. The molecule has 5 amide bonds. The van der Waals surface area contributed by atoms with Crippen LogP contribution in [-0.2, 0) is 88.2 Å². The Balaban J connectivity index is 0.000000277. The van der Waals surface area contributed by atoms with Crippen molar-refractivity contribution in [2.75, 3.05) is 82.1 Å². The van der Waals surface area contributed by atoms with Gasteiger partial charge in [-0.1, -0.05) is 245 Å². The molecule has 0 radical (unpaired) electrons. The van der Waals surface area contributed by atoms with E-state index in [4.69, 9.17) is 82.5 Å². The van der Waals surface area contributed by atoms with Gasteiger partial charge in [-0.25, -0.2) is 28.8 Å². The zero-order valence-corrected chi connectivity index (χ0v) is 78.7. The summed E-state index contributed by atoms with van der Waals surface area (Å²) in [6, 6.07) is 36.0. The number of carboxylic acid groups (broad SMARTS) is 1. The maximum absolute atomic E-state index is 14.1. The van der Waals surface area contributed by atoms with Gasteiger partial charge in [-0.2, -0.15) is 0 Å². The lowest BCUT2D eigenvalue weighted by Crippen LogP contribution is -2.57. The van der Waals surface area contributed by atoms with Crippen LogP contribution in [0.15, 0.2) is 172 Å². The minimum absolute atomic E-state index is 0. The lowest BCUT2D eigenvalue weighted by atomic mass is 9.85. The number of carbonyl (C=O) groups excluding carboxylic acids is 8. The maximum atomic E-state index is 14.1. The van der Waals surface area contributed by atoms with E-state index in [-0.39, 0.29) is 65.2 Å². The number of nitrogens with zero attached hydrogens (tertiary/aromatic N) is 2. The fraction of sp³-hybridized carbons (Fsp3) is 0.455. The SMILES string of the molecule is C.C=CCCCCOC(=O)N[C@H](C(=O)N1C[C@](OC)(c2ccc(-c3cc(Cl)ccc3C=C)cc2)C[C@H]1C(=O)OC)C(C)(C)C.C=CCCCCOC(=O)N[C@H](C(=O)O)C(C)(C)C.C=Cc1ccc(Cl)cc1-c1ccc([C@@]2(OC)CN[C@H](C(=O)OC)C2)cc1.COC(=O)[C@@H]1C[C@]2(OC)CN1C(=O)[C@H](C(C)(C)C)NC(=O)OCCCCC=Cc1ccc(Cl)cc1-c1ccc2cc1. The number of nitrogens with one attached hydrogen (secondary N) is 4. The third kappa shape index (κ3) is 28.9. The molecule has 129 heavy (non-hydrogen) atoms. The number of rotatable bonds is 26. The predicted molar refractivity (Wildman–Crippen MR) is 508 cm³/mol. The molecule has 5 aliphatic rings. The van der Waals surface area contributed by atoms with Gasteiger partial charge in [-0.05, 0) is 177 Å². The van der Waals surface area contributed by atoms with Crippen molar-refractivity contribution in [2.24, 2.45) is 16.2 Å². The van der Waals surface area contributed by atoms with Crippen LogP contribution in [-0.4, -0.2) is 187 Å². The molecule has 5 heterocycles. The minimum atomic E-state index is -1.06. The van der Waals surface area contributed by atoms with Gasteiger partial charge in [-0.3, -0.25) is 14.4 Å². The van der Waals surface area contributed by atoms with Gasteiger partial charge in [0.25, 0.3) is 0 Å². The molecule has 0 spiro atoms. The van der Waals surface area contributed by atoms with Crippen LogP contribution >= 0.6 is 34.8 Å². The Morgan fingerprint density at radius 2 is 0.984 bits per heavy atom. The number of amides is 5. The largest absolute Gasteiger partial charge is 0.480 e. The monoisotopic (exact) mass is 1840 g/mol. The molecule has 25 nitrogen and oxygen atoms in total. The molecule has 5 aliphatic heterocycles. The molecule has 28 heteroatoms. The quantitative estimate of drug-likeness (QED) is 0.0146. The van der Waals surface area contributed by atoms with Gasteiger partial charge in [-0.15, -0.1) is 13.2 Å². The molecule has 0 aromatic heterocycles. The lowest BCUT2D eigenvalue weighted by molar-refractivity contribution is -0.152. The molecule has 6 aromatic carbocycles. The molecule has 3 fully saturated rings. The van der Waals surface area contributed by atoms with E-state index in [1.54, 1.807) is 54.3 Å². The molecular weight excluding hydrogens is 1710 g/mol. The Labute approximate surface area is 776 Å². The van der Waals surface area contributed by atoms with Crippen molar-refractivity contribution in [1.82, 2.24) is 31.1 Å². The molecular formula is C101H131Cl3N6O19. The standard InChI is InChI=1S/C34H43ClN2O6.C32H39ClN2O6.C21H22ClNO3.C13H23NO4.CH4/c1-8-10-11-12-19-43-32(40)36-29(33(3,4)5)30(38)37-22-34(42-7,21-28(37)31(39)41-6)25-16-13-24(14-17-25)27-20-26(35)18-15-23(27)9-2;1-31(2,3)27-28(36)35-20-32(40-5,19-26(35)29(37)39-4)23-14-11-22(12-15-23)25-18-24(33)16-13-21(25)10-8-6-7-9-17-41-30(38)34-27;1-4-14-7-10-17(22)11-18(14)15-5-8-16(9-6-15)21(26-3)12-19(23-13-21)20(24)25-2;1-5-6-7-8-9-18-12(17)14-10(11(15)16)13(2,3)4;/h8-9,13-18,20,28-29H,1-2,10-12,19,21-22H2,3-7H3,(H,36,40);8,10-16,18,26-27H,6-7,9,17,19-20H2,1-5H3,(H,34,38);4-11,19,23H,1,12-13H2,2-3H3;5,10H,1,6-9H2,2-4H3,(H,14,17)(H,15,16);1H4/t28-,29+,34-;26-,27+,32-;19-,21-;10-;/m0001./s1. The number of benzene rings is 6. The first kappa shape index (κ1) is 107. The second kappa shape index (κ2) is 49.4. The van der Waals surface area contributed by atoms with E-state index in [0.29, 0.717) is 40.9 Å². The molecule has 4 bridgehead atoms. The number of fused-ring (bicyclic) bond motifs is 11. The number of methoxy groups -OCH3 is 6. The Morgan fingerprint density at radius 1 is 0.550 bits per heavy atom. The number of alkyl carbamates (subject to hydrolysis) is 3. The molecule has 5 N–H and O–H groups in total. The molecule has 9 atom stereocenters. The summed E-state index contributed by atoms with van der Waals surface area (Å²) in [6.07, 6.45) is 17.5. The highest BCUT2D eigenvalue weighted by Crippen LogP contribution is 2.45. The van der Waals surface area contributed by atoms with Crippen molar-refractivity contribution in [2.45, 2.75) is 200 Å². The van der Waals surface area contributed by atoms with Crippen LogP contribution in [0.2, 0.25) is 15.1 Å². The first-order valence-electron chi connectivity index (χ1n) is 42.8. The van der Waals surface area contributed by atoms with Crippen LogP contribution in [0.1, 0.15) is 180 Å². The predicted octanol–water partition coefficient (Wildman–Crippen LogP) is 20.0.